The summed E-state index contributed by atoms with van der Waals surface area (Å²) in [6.07, 6.45) is 0. The minimum atomic E-state index is 0.571. The van der Waals surface area contributed by atoms with Crippen LogP contribution < -0.4 is 0 Å². The Hall–Kier alpha value is -8.41. The van der Waals surface area contributed by atoms with Crippen LogP contribution in [0.15, 0.2) is 223 Å². The summed E-state index contributed by atoms with van der Waals surface area (Å²) in [5, 5.41) is 4.28. The average Bonchev–Trinajstić information content (AvgIpc) is 3.91. The second-order valence-electron chi connectivity index (χ2n) is 15.6. The molecule has 0 amide bonds. The Kier molecular flexibility index (Phi) is 8.42. The Morgan fingerprint density at radius 1 is 0.323 bits per heavy atom. The van der Waals surface area contributed by atoms with Crippen LogP contribution in [-0.4, -0.2) is 19.5 Å². The molecule has 290 valence electrons. The molecule has 0 unspecified atom stereocenters. The molecular formula is C57H36N4O. The van der Waals surface area contributed by atoms with Gasteiger partial charge in [0.05, 0.1) is 22.1 Å². The summed E-state index contributed by atoms with van der Waals surface area (Å²) in [7, 11) is 0. The fraction of sp³-hybridized carbons (Fsp3) is 0. The first kappa shape index (κ1) is 35.5. The Morgan fingerprint density at radius 3 is 1.53 bits per heavy atom. The molecule has 0 aliphatic heterocycles. The standard InChI is InChI=1S/C57H36N4O/c1-5-17-37(18-6-1)41-25-15-26-43(35-41)44-33-34-49(61-48-29-14-13-27-45(48)46-32-31-42(36-50(46)61)38-19-7-2-8-20-38)53-52-47(28-16-30-51(52)62-54(44)53)57-59-55(39-21-9-3-10-22-39)58-56(60-57)40-23-11-4-12-24-40/h1-36H. The van der Waals surface area contributed by atoms with Crippen molar-refractivity contribution in [2.45, 2.75) is 0 Å². The Morgan fingerprint density at radius 2 is 0.855 bits per heavy atom. The molecule has 0 radical (unpaired) electrons. The molecule has 3 aromatic heterocycles. The molecule has 12 rings (SSSR count). The molecule has 0 aliphatic rings. The summed E-state index contributed by atoms with van der Waals surface area (Å²) in [4.78, 5) is 15.5. The van der Waals surface area contributed by atoms with E-state index in [1.807, 2.05) is 66.7 Å². The van der Waals surface area contributed by atoms with Crippen LogP contribution in [0, 0.1) is 0 Å². The van der Waals surface area contributed by atoms with E-state index in [1.54, 1.807) is 0 Å². The van der Waals surface area contributed by atoms with Crippen molar-refractivity contribution in [2.75, 3.05) is 0 Å². The van der Waals surface area contributed by atoms with Gasteiger partial charge in [0.2, 0.25) is 0 Å². The third kappa shape index (κ3) is 5.98. The molecule has 0 saturated carbocycles. The lowest BCUT2D eigenvalue weighted by atomic mass is 9.96. The van der Waals surface area contributed by atoms with Crippen molar-refractivity contribution < 1.29 is 4.42 Å². The molecule has 62 heavy (non-hydrogen) atoms. The van der Waals surface area contributed by atoms with Gasteiger partial charge in [-0.15, -0.1) is 0 Å². The van der Waals surface area contributed by atoms with E-state index in [1.165, 1.54) is 16.3 Å². The predicted molar refractivity (Wildman–Crippen MR) is 254 cm³/mol. The number of aromatic nitrogens is 4. The fourth-order valence-corrected chi connectivity index (χ4v) is 8.97. The van der Waals surface area contributed by atoms with E-state index < -0.39 is 0 Å². The van der Waals surface area contributed by atoms with Gasteiger partial charge in [0, 0.05) is 38.4 Å². The molecular weight excluding hydrogens is 757 g/mol. The number of benzene rings is 9. The van der Waals surface area contributed by atoms with Crippen molar-refractivity contribution in [3.63, 3.8) is 0 Å². The molecule has 3 heterocycles. The summed E-state index contributed by atoms with van der Waals surface area (Å²) in [6, 6.07) is 76.3. The lowest BCUT2D eigenvalue weighted by Gasteiger charge is -2.14. The zero-order valence-corrected chi connectivity index (χ0v) is 33.5. The van der Waals surface area contributed by atoms with Gasteiger partial charge in [-0.25, -0.2) is 15.0 Å². The molecule has 0 bridgehead atoms. The molecule has 5 heteroatoms. The summed E-state index contributed by atoms with van der Waals surface area (Å²) in [5.74, 6) is 1.78. The van der Waals surface area contributed by atoms with E-state index in [-0.39, 0.29) is 0 Å². The highest BCUT2D eigenvalue weighted by Crippen LogP contribution is 2.46. The Balaban J connectivity index is 1.19. The third-order valence-electron chi connectivity index (χ3n) is 11.9. The van der Waals surface area contributed by atoms with Gasteiger partial charge in [0.1, 0.15) is 11.2 Å². The van der Waals surface area contributed by atoms with E-state index in [2.05, 4.69) is 156 Å². The first-order chi connectivity index (χ1) is 30.7. The summed E-state index contributed by atoms with van der Waals surface area (Å²) < 4.78 is 9.56. The highest BCUT2D eigenvalue weighted by atomic mass is 16.3. The monoisotopic (exact) mass is 792 g/mol. The second-order valence-corrected chi connectivity index (χ2v) is 15.6. The van der Waals surface area contributed by atoms with Gasteiger partial charge in [-0.1, -0.05) is 182 Å². The maximum Gasteiger partial charge on any atom is 0.164 e. The summed E-state index contributed by atoms with van der Waals surface area (Å²) >= 11 is 0. The molecule has 9 aromatic carbocycles. The molecule has 12 aromatic rings. The Bertz CT molecular complexity index is 3560. The minimum absolute atomic E-state index is 0.571. The highest BCUT2D eigenvalue weighted by molar-refractivity contribution is 6.20. The molecule has 5 nitrogen and oxygen atoms in total. The van der Waals surface area contributed by atoms with Crippen LogP contribution >= 0.6 is 0 Å². The zero-order valence-electron chi connectivity index (χ0n) is 33.5. The number of para-hydroxylation sites is 1. The van der Waals surface area contributed by atoms with Crippen molar-refractivity contribution in [1.82, 2.24) is 19.5 Å². The SMILES string of the molecule is c1ccc(-c2cccc(-c3ccc(-n4c5ccccc5c5ccc(-c6ccccc6)cc54)c4c3oc3cccc(-c5nc(-c6ccccc6)nc(-c6ccccc6)n5)c34)c2)cc1. The van der Waals surface area contributed by atoms with Gasteiger partial charge in [-0.2, -0.15) is 0 Å². The first-order valence-corrected chi connectivity index (χ1v) is 20.9. The number of rotatable bonds is 7. The van der Waals surface area contributed by atoms with Gasteiger partial charge in [-0.3, -0.25) is 0 Å². The second kappa shape index (κ2) is 14.7. The fourth-order valence-electron chi connectivity index (χ4n) is 8.97. The third-order valence-corrected chi connectivity index (χ3v) is 11.9. The maximum absolute atomic E-state index is 7.15. The van der Waals surface area contributed by atoms with Crippen LogP contribution in [0.4, 0.5) is 0 Å². The number of nitrogens with zero attached hydrogens (tertiary/aromatic N) is 4. The van der Waals surface area contributed by atoms with Crippen LogP contribution in [0.5, 0.6) is 0 Å². The lowest BCUT2D eigenvalue weighted by molar-refractivity contribution is 0.670. The normalized spacial score (nSPS) is 11.5. The van der Waals surface area contributed by atoms with Crippen LogP contribution in [0.25, 0.3) is 117 Å². The predicted octanol–water partition coefficient (Wildman–Crippen LogP) is 14.9. The number of furan rings is 1. The Labute approximate surface area is 357 Å². The van der Waals surface area contributed by atoms with Gasteiger partial charge in [0.15, 0.2) is 17.5 Å². The van der Waals surface area contributed by atoms with E-state index in [4.69, 9.17) is 19.4 Å². The first-order valence-electron chi connectivity index (χ1n) is 20.9. The average molecular weight is 793 g/mol. The molecule has 0 spiro atoms. The zero-order chi connectivity index (χ0) is 41.0. The van der Waals surface area contributed by atoms with E-state index in [0.29, 0.717) is 17.5 Å². The number of fused-ring (bicyclic) bond motifs is 6. The molecule has 0 atom stereocenters. The lowest BCUT2D eigenvalue weighted by Crippen LogP contribution is -2.00. The van der Waals surface area contributed by atoms with Crippen molar-refractivity contribution in [2.24, 2.45) is 0 Å². The summed E-state index contributed by atoms with van der Waals surface area (Å²) in [6.45, 7) is 0. The smallest absolute Gasteiger partial charge is 0.164 e. The largest absolute Gasteiger partial charge is 0.455 e. The van der Waals surface area contributed by atoms with E-state index in [0.717, 1.165) is 83.2 Å². The van der Waals surface area contributed by atoms with Crippen molar-refractivity contribution in [3.05, 3.63) is 218 Å². The van der Waals surface area contributed by atoms with Gasteiger partial charge in [0.25, 0.3) is 0 Å². The van der Waals surface area contributed by atoms with Crippen LogP contribution in [0.2, 0.25) is 0 Å². The van der Waals surface area contributed by atoms with Crippen molar-refractivity contribution in [3.8, 4) is 73.2 Å². The van der Waals surface area contributed by atoms with Crippen LogP contribution in [0.3, 0.4) is 0 Å². The number of hydrogen-bond acceptors (Lipinski definition) is 4. The van der Waals surface area contributed by atoms with Gasteiger partial charge < -0.3 is 8.98 Å². The molecule has 0 saturated heterocycles. The van der Waals surface area contributed by atoms with Crippen LogP contribution in [-0.2, 0) is 0 Å². The highest BCUT2D eigenvalue weighted by Gasteiger charge is 2.25. The van der Waals surface area contributed by atoms with Gasteiger partial charge >= 0.3 is 0 Å². The molecule has 0 aliphatic carbocycles. The van der Waals surface area contributed by atoms with E-state index in [9.17, 15) is 0 Å². The van der Waals surface area contributed by atoms with E-state index >= 15 is 0 Å². The van der Waals surface area contributed by atoms with Crippen molar-refractivity contribution in [1.29, 1.82) is 0 Å². The topological polar surface area (TPSA) is 56.7 Å². The maximum atomic E-state index is 7.15. The molecule has 0 fully saturated rings. The quantitative estimate of drug-likeness (QED) is 0.161. The molecule has 0 N–H and O–H groups in total. The van der Waals surface area contributed by atoms with Gasteiger partial charge in [-0.05, 0) is 64.2 Å². The minimum Gasteiger partial charge on any atom is -0.455 e. The number of hydrogen-bond donors (Lipinski definition) is 0. The van der Waals surface area contributed by atoms with Crippen LogP contribution in [0.1, 0.15) is 0 Å². The van der Waals surface area contributed by atoms with Crippen molar-refractivity contribution >= 4 is 43.7 Å². The summed E-state index contributed by atoms with van der Waals surface area (Å²) in [5.41, 5.74) is 14.1.